The molecular formula is C48H100N+. The lowest BCUT2D eigenvalue weighted by Crippen LogP contribution is -2.50. The van der Waals surface area contributed by atoms with Gasteiger partial charge in [-0.15, -0.1) is 0 Å². The highest BCUT2D eigenvalue weighted by Gasteiger charge is 2.25. The molecule has 1 heteroatoms. The van der Waals surface area contributed by atoms with Crippen molar-refractivity contribution < 1.29 is 4.48 Å². The Morgan fingerprint density at radius 2 is 0.327 bits per heavy atom. The van der Waals surface area contributed by atoms with E-state index in [0.29, 0.717) is 0 Å². The Morgan fingerprint density at radius 1 is 0.163 bits per heavy atom. The molecule has 296 valence electrons. The molecule has 0 rings (SSSR count). The third kappa shape index (κ3) is 37.5. The van der Waals surface area contributed by atoms with E-state index in [4.69, 9.17) is 0 Å². The molecule has 49 heavy (non-hydrogen) atoms. The summed E-state index contributed by atoms with van der Waals surface area (Å²) in [6.07, 6.45) is 58.7. The van der Waals surface area contributed by atoms with Crippen molar-refractivity contribution in [3.8, 4) is 0 Å². The van der Waals surface area contributed by atoms with Gasteiger partial charge in [-0.05, 0) is 44.9 Å². The molecule has 0 aliphatic rings. The van der Waals surface area contributed by atoms with Crippen molar-refractivity contribution in [1.29, 1.82) is 0 Å². The maximum atomic E-state index is 2.46. The second kappa shape index (κ2) is 42.4. The van der Waals surface area contributed by atoms with Crippen LogP contribution in [0, 0.1) is 0 Å². The number of nitrogens with zero attached hydrogens (tertiary/aromatic N) is 1. The number of hydrogen-bond acceptors (Lipinski definition) is 0. The van der Waals surface area contributed by atoms with E-state index in [1.165, 1.54) is 287 Å². The molecule has 0 saturated heterocycles. The summed E-state index contributed by atoms with van der Waals surface area (Å²) in [5.41, 5.74) is 0. The Kier molecular flexibility index (Phi) is 42.3. The summed E-state index contributed by atoms with van der Waals surface area (Å²) < 4.78 is 1.46. The van der Waals surface area contributed by atoms with Gasteiger partial charge in [0.25, 0.3) is 0 Å². The lowest BCUT2D eigenvalue weighted by atomic mass is 10.0. The molecule has 0 aliphatic carbocycles. The summed E-state index contributed by atoms with van der Waals surface area (Å²) in [6.45, 7) is 15.3. The minimum Gasteiger partial charge on any atom is -0.324 e. The molecule has 0 bridgehead atoms. The first kappa shape index (κ1) is 49.0. The highest BCUT2D eigenvalue weighted by atomic mass is 15.3. The zero-order valence-electron chi connectivity index (χ0n) is 35.6. The summed E-state index contributed by atoms with van der Waals surface area (Å²) in [7, 11) is 0. The molecule has 0 aromatic heterocycles. The average molecular weight is 691 g/mol. The van der Waals surface area contributed by atoms with Gasteiger partial charge in [0, 0.05) is 0 Å². The van der Waals surface area contributed by atoms with Crippen LogP contribution in [0.2, 0.25) is 0 Å². The Bertz CT molecular complexity index is 495. The molecule has 0 radical (unpaired) electrons. The van der Waals surface area contributed by atoms with Crippen LogP contribution in [-0.4, -0.2) is 30.7 Å². The molecule has 0 N–H and O–H groups in total. The van der Waals surface area contributed by atoms with Crippen molar-refractivity contribution in [2.24, 2.45) is 0 Å². The largest absolute Gasteiger partial charge is 0.324 e. The van der Waals surface area contributed by atoms with Crippen molar-refractivity contribution in [2.45, 2.75) is 285 Å². The minimum atomic E-state index is 1.37. The summed E-state index contributed by atoms with van der Waals surface area (Å²) in [5.74, 6) is 0. The summed E-state index contributed by atoms with van der Waals surface area (Å²) >= 11 is 0. The smallest absolute Gasteiger partial charge is 0.0786 e. The molecule has 0 spiro atoms. The average Bonchev–Trinajstić information content (AvgIpc) is 3.11. The van der Waals surface area contributed by atoms with Crippen LogP contribution in [-0.2, 0) is 0 Å². The van der Waals surface area contributed by atoms with E-state index in [1.807, 2.05) is 0 Å². The van der Waals surface area contributed by atoms with Crippen LogP contribution in [0.25, 0.3) is 0 Å². The molecule has 1 nitrogen and oxygen atoms in total. The van der Waals surface area contributed by atoms with Gasteiger partial charge >= 0.3 is 0 Å². The van der Waals surface area contributed by atoms with Gasteiger partial charge in [-0.1, -0.05) is 240 Å². The number of unbranched alkanes of at least 4 members (excludes halogenated alkanes) is 36. The highest BCUT2D eigenvalue weighted by Crippen LogP contribution is 2.21. The zero-order valence-corrected chi connectivity index (χ0v) is 35.6. The van der Waals surface area contributed by atoms with Gasteiger partial charge in [0.15, 0.2) is 0 Å². The fourth-order valence-corrected chi connectivity index (χ4v) is 8.54. The molecule has 0 unspecified atom stereocenters. The molecule has 0 aromatic rings. The van der Waals surface area contributed by atoms with Gasteiger partial charge in [-0.3, -0.25) is 0 Å². The Balaban J connectivity index is 4.33. The van der Waals surface area contributed by atoms with Crippen LogP contribution < -0.4 is 0 Å². The molecule has 0 heterocycles. The first-order chi connectivity index (χ1) is 24.2. The topological polar surface area (TPSA) is 0 Å². The maximum absolute atomic E-state index is 2.46. The summed E-state index contributed by atoms with van der Waals surface area (Å²) in [4.78, 5) is 0. The lowest BCUT2D eigenvalue weighted by molar-refractivity contribution is -0.929. The minimum absolute atomic E-state index is 1.37. The quantitative estimate of drug-likeness (QED) is 0.0441. The fraction of sp³-hybridized carbons (Fsp3) is 1.00. The van der Waals surface area contributed by atoms with Crippen molar-refractivity contribution in [3.05, 3.63) is 0 Å². The first-order valence-corrected chi connectivity index (χ1v) is 24.1. The second-order valence-corrected chi connectivity index (χ2v) is 17.0. The van der Waals surface area contributed by atoms with Crippen LogP contribution in [0.3, 0.4) is 0 Å². The third-order valence-corrected chi connectivity index (χ3v) is 11.9. The SMILES string of the molecule is CCCCCCCCCCCCCCC[N+](CCC)(CCCCCCCCCCCCCCC)CCCCCCCCCCCCCCC. The van der Waals surface area contributed by atoms with Gasteiger partial charge in [-0.2, -0.15) is 0 Å². The second-order valence-electron chi connectivity index (χ2n) is 17.0. The molecule has 0 aliphatic heterocycles. The van der Waals surface area contributed by atoms with Crippen LogP contribution in [0.5, 0.6) is 0 Å². The first-order valence-electron chi connectivity index (χ1n) is 24.1. The monoisotopic (exact) mass is 691 g/mol. The highest BCUT2D eigenvalue weighted by molar-refractivity contribution is 4.55. The van der Waals surface area contributed by atoms with E-state index >= 15 is 0 Å². The van der Waals surface area contributed by atoms with Gasteiger partial charge < -0.3 is 4.48 Å². The number of hydrogen-bond donors (Lipinski definition) is 0. The normalized spacial score (nSPS) is 12.0. The molecular weight excluding hydrogens is 591 g/mol. The van der Waals surface area contributed by atoms with E-state index in [0.717, 1.165) is 0 Å². The number of quaternary nitrogens is 1. The predicted molar refractivity (Wildman–Crippen MR) is 227 cm³/mol. The molecule has 0 atom stereocenters. The van der Waals surface area contributed by atoms with E-state index in [9.17, 15) is 0 Å². The lowest BCUT2D eigenvalue weighted by Gasteiger charge is -2.39. The predicted octanol–water partition coefficient (Wildman–Crippen LogP) is 17.5. The molecule has 0 fully saturated rings. The Morgan fingerprint density at radius 3 is 0.490 bits per heavy atom. The maximum Gasteiger partial charge on any atom is 0.0786 e. The van der Waals surface area contributed by atoms with Crippen molar-refractivity contribution in [1.82, 2.24) is 0 Å². The molecule has 0 amide bonds. The van der Waals surface area contributed by atoms with Crippen molar-refractivity contribution in [3.63, 3.8) is 0 Å². The Hall–Kier alpha value is -0.0400. The van der Waals surface area contributed by atoms with E-state index in [-0.39, 0.29) is 0 Å². The van der Waals surface area contributed by atoms with E-state index in [2.05, 4.69) is 27.7 Å². The standard InChI is InChI=1S/C48H100N/c1-5-9-12-15-18-21-24-27-30-33-36-39-42-46-49(45-8-4,47-43-40-37-34-31-28-25-22-19-16-13-10-6-2)48-44-41-38-35-32-29-26-23-20-17-14-11-7-3/h5-48H2,1-4H3/q+1. The fourth-order valence-electron chi connectivity index (χ4n) is 8.54. The van der Waals surface area contributed by atoms with Crippen LogP contribution in [0.1, 0.15) is 285 Å². The molecule has 0 aromatic carbocycles. The van der Waals surface area contributed by atoms with Crippen LogP contribution in [0.15, 0.2) is 0 Å². The van der Waals surface area contributed by atoms with Crippen molar-refractivity contribution >= 4 is 0 Å². The van der Waals surface area contributed by atoms with Gasteiger partial charge in [0.1, 0.15) is 0 Å². The summed E-state index contributed by atoms with van der Waals surface area (Å²) in [6, 6.07) is 0. The third-order valence-electron chi connectivity index (χ3n) is 11.9. The van der Waals surface area contributed by atoms with Crippen LogP contribution >= 0.6 is 0 Å². The molecule has 0 saturated carbocycles. The Labute approximate surface area is 314 Å². The number of rotatable bonds is 44. The summed E-state index contributed by atoms with van der Waals surface area (Å²) in [5, 5.41) is 0. The van der Waals surface area contributed by atoms with Crippen LogP contribution in [0.4, 0.5) is 0 Å². The van der Waals surface area contributed by atoms with E-state index in [1.54, 1.807) is 0 Å². The van der Waals surface area contributed by atoms with Crippen molar-refractivity contribution in [2.75, 3.05) is 26.2 Å². The zero-order chi connectivity index (χ0) is 35.6. The van der Waals surface area contributed by atoms with Gasteiger partial charge in [0.05, 0.1) is 26.2 Å². The van der Waals surface area contributed by atoms with E-state index < -0.39 is 0 Å². The van der Waals surface area contributed by atoms with Gasteiger partial charge in [-0.25, -0.2) is 0 Å². The van der Waals surface area contributed by atoms with Gasteiger partial charge in [0.2, 0.25) is 0 Å².